The fourth-order valence-electron chi connectivity index (χ4n) is 1.60. The molecular weight excluding hydrogens is 204 g/mol. The van der Waals surface area contributed by atoms with Crippen LogP contribution in [-0.2, 0) is 14.8 Å². The minimum absolute atomic E-state index is 0.119. The molecule has 0 spiro atoms. The lowest BCUT2D eigenvalue weighted by Crippen LogP contribution is -2.42. The van der Waals surface area contributed by atoms with E-state index in [9.17, 15) is 13.2 Å². The molecule has 0 aromatic heterocycles. The molecule has 0 aromatic rings. The van der Waals surface area contributed by atoms with Gasteiger partial charge in [0.25, 0.3) is 0 Å². The largest absolute Gasteiger partial charge is 0.369 e. The fraction of sp³-hybridized carbons (Fsp3) is 0.875. The van der Waals surface area contributed by atoms with Crippen LogP contribution in [0.25, 0.3) is 0 Å². The predicted molar refractivity (Wildman–Crippen MR) is 53.0 cm³/mol. The van der Waals surface area contributed by atoms with Crippen molar-refractivity contribution in [3.63, 3.8) is 0 Å². The molecule has 1 amide bonds. The van der Waals surface area contributed by atoms with Gasteiger partial charge >= 0.3 is 0 Å². The normalized spacial score (nSPS) is 20.9. The van der Waals surface area contributed by atoms with Crippen molar-refractivity contribution in [3.8, 4) is 0 Å². The number of hydrogen-bond acceptors (Lipinski definition) is 3. The Hall–Kier alpha value is -0.620. The van der Waals surface area contributed by atoms with Crippen LogP contribution in [0.2, 0.25) is 0 Å². The molecule has 0 bridgehead atoms. The molecule has 0 unspecified atom stereocenters. The highest BCUT2D eigenvalue weighted by Gasteiger charge is 2.28. The van der Waals surface area contributed by atoms with E-state index in [1.54, 1.807) is 6.92 Å². The number of sulfonamides is 1. The molecule has 1 heterocycles. The van der Waals surface area contributed by atoms with Crippen molar-refractivity contribution in [3.05, 3.63) is 0 Å². The number of carbonyl (C=O) groups excluding carboxylic acids is 1. The SMILES string of the molecule is CCS(=O)(=O)N1CCC(C(N)=O)CC1. The third-order valence-electron chi connectivity index (χ3n) is 2.61. The highest BCUT2D eigenvalue weighted by Crippen LogP contribution is 2.19. The summed E-state index contributed by atoms with van der Waals surface area (Å²) in [4.78, 5) is 10.8. The van der Waals surface area contributed by atoms with Crippen molar-refractivity contribution in [1.29, 1.82) is 0 Å². The summed E-state index contributed by atoms with van der Waals surface area (Å²) in [5, 5.41) is 0. The first kappa shape index (κ1) is 11.5. The average molecular weight is 220 g/mol. The second-order valence-electron chi connectivity index (χ2n) is 3.48. The number of carbonyl (C=O) groups is 1. The number of nitrogens with two attached hydrogens (primary N) is 1. The van der Waals surface area contributed by atoms with E-state index >= 15 is 0 Å². The van der Waals surface area contributed by atoms with Crippen molar-refractivity contribution in [1.82, 2.24) is 4.31 Å². The predicted octanol–water partition coefficient (Wildman–Crippen LogP) is -0.467. The number of piperidine rings is 1. The van der Waals surface area contributed by atoms with Gasteiger partial charge in [0, 0.05) is 19.0 Å². The molecule has 6 heteroatoms. The van der Waals surface area contributed by atoms with Gasteiger partial charge in [-0.15, -0.1) is 0 Å². The summed E-state index contributed by atoms with van der Waals surface area (Å²) in [7, 11) is -3.09. The summed E-state index contributed by atoms with van der Waals surface area (Å²) in [5.74, 6) is -0.356. The first-order valence-corrected chi connectivity index (χ1v) is 6.35. The second kappa shape index (κ2) is 4.27. The molecule has 0 aromatic carbocycles. The molecule has 1 rings (SSSR count). The zero-order valence-electron chi connectivity index (χ0n) is 8.27. The number of primary amides is 1. The number of rotatable bonds is 3. The molecule has 0 saturated carbocycles. The minimum atomic E-state index is -3.09. The van der Waals surface area contributed by atoms with E-state index in [1.807, 2.05) is 0 Å². The lowest BCUT2D eigenvalue weighted by molar-refractivity contribution is -0.122. The molecule has 1 aliphatic heterocycles. The maximum absolute atomic E-state index is 11.4. The molecule has 2 N–H and O–H groups in total. The van der Waals surface area contributed by atoms with E-state index in [4.69, 9.17) is 5.73 Å². The van der Waals surface area contributed by atoms with Gasteiger partial charge in [-0.3, -0.25) is 4.79 Å². The summed E-state index contributed by atoms with van der Waals surface area (Å²) in [6.07, 6.45) is 1.10. The van der Waals surface area contributed by atoms with Crippen LogP contribution >= 0.6 is 0 Å². The Kier molecular flexibility index (Phi) is 3.49. The molecular formula is C8H16N2O3S. The van der Waals surface area contributed by atoms with Gasteiger partial charge in [-0.2, -0.15) is 0 Å². The van der Waals surface area contributed by atoms with Crippen LogP contribution in [0.5, 0.6) is 0 Å². The Morgan fingerprint density at radius 2 is 1.93 bits per heavy atom. The van der Waals surface area contributed by atoms with Gasteiger partial charge in [0.1, 0.15) is 0 Å². The van der Waals surface area contributed by atoms with Gasteiger partial charge in [-0.25, -0.2) is 12.7 Å². The molecule has 1 fully saturated rings. The Bertz CT molecular complexity index is 305. The summed E-state index contributed by atoms with van der Waals surface area (Å²) in [6.45, 7) is 2.46. The van der Waals surface area contributed by atoms with Crippen LogP contribution < -0.4 is 5.73 Å². The summed E-state index contributed by atoms with van der Waals surface area (Å²) >= 11 is 0. The smallest absolute Gasteiger partial charge is 0.220 e. The van der Waals surface area contributed by atoms with E-state index in [2.05, 4.69) is 0 Å². The average Bonchev–Trinajstić information content (AvgIpc) is 2.18. The van der Waals surface area contributed by atoms with Gasteiger partial charge in [0.15, 0.2) is 0 Å². The highest BCUT2D eigenvalue weighted by molar-refractivity contribution is 7.89. The van der Waals surface area contributed by atoms with Crippen molar-refractivity contribution >= 4 is 15.9 Å². The summed E-state index contributed by atoms with van der Waals surface area (Å²) in [5.41, 5.74) is 5.15. The maximum atomic E-state index is 11.4. The van der Waals surface area contributed by atoms with Gasteiger partial charge in [-0.05, 0) is 19.8 Å². The van der Waals surface area contributed by atoms with E-state index in [0.29, 0.717) is 25.9 Å². The first-order chi connectivity index (χ1) is 6.47. The van der Waals surface area contributed by atoms with Gasteiger partial charge in [0.2, 0.25) is 15.9 Å². The van der Waals surface area contributed by atoms with Crippen LogP contribution in [0.15, 0.2) is 0 Å². The van der Waals surface area contributed by atoms with Gasteiger partial charge < -0.3 is 5.73 Å². The monoisotopic (exact) mass is 220 g/mol. The van der Waals surface area contributed by atoms with E-state index in [1.165, 1.54) is 4.31 Å². The standard InChI is InChI=1S/C8H16N2O3S/c1-2-14(12,13)10-5-3-7(4-6-10)8(9)11/h7H,2-6H2,1H3,(H2,9,11). The molecule has 1 saturated heterocycles. The van der Waals surface area contributed by atoms with Crippen LogP contribution in [-0.4, -0.2) is 37.5 Å². The molecule has 82 valence electrons. The number of nitrogens with zero attached hydrogens (tertiary/aromatic N) is 1. The number of amides is 1. The van der Waals surface area contributed by atoms with Crippen molar-refractivity contribution in [2.45, 2.75) is 19.8 Å². The second-order valence-corrected chi connectivity index (χ2v) is 5.73. The molecule has 1 aliphatic rings. The lowest BCUT2D eigenvalue weighted by Gasteiger charge is -2.29. The molecule has 0 radical (unpaired) electrons. The Balaban J connectivity index is 2.56. The van der Waals surface area contributed by atoms with Gasteiger partial charge in [0.05, 0.1) is 5.75 Å². The third kappa shape index (κ3) is 2.45. The molecule has 0 atom stereocenters. The van der Waals surface area contributed by atoms with E-state index in [0.717, 1.165) is 0 Å². The Morgan fingerprint density at radius 3 is 2.29 bits per heavy atom. The topological polar surface area (TPSA) is 80.5 Å². The quantitative estimate of drug-likeness (QED) is 0.698. The summed E-state index contributed by atoms with van der Waals surface area (Å²) in [6, 6.07) is 0. The zero-order chi connectivity index (χ0) is 10.8. The van der Waals surface area contributed by atoms with Crippen LogP contribution in [0, 0.1) is 5.92 Å². The van der Waals surface area contributed by atoms with Gasteiger partial charge in [-0.1, -0.05) is 0 Å². The Morgan fingerprint density at radius 1 is 1.43 bits per heavy atom. The fourth-order valence-corrected chi connectivity index (χ4v) is 2.73. The van der Waals surface area contributed by atoms with Crippen LogP contribution in [0.4, 0.5) is 0 Å². The Labute approximate surface area is 84.3 Å². The molecule has 5 nitrogen and oxygen atoms in total. The van der Waals surface area contributed by atoms with Crippen LogP contribution in [0.1, 0.15) is 19.8 Å². The van der Waals surface area contributed by atoms with E-state index < -0.39 is 10.0 Å². The molecule has 14 heavy (non-hydrogen) atoms. The van der Waals surface area contributed by atoms with Crippen molar-refractivity contribution < 1.29 is 13.2 Å². The third-order valence-corrected chi connectivity index (χ3v) is 4.50. The summed E-state index contributed by atoms with van der Waals surface area (Å²) < 4.78 is 24.3. The zero-order valence-corrected chi connectivity index (χ0v) is 9.09. The van der Waals surface area contributed by atoms with Crippen molar-refractivity contribution in [2.24, 2.45) is 11.7 Å². The molecule has 0 aliphatic carbocycles. The maximum Gasteiger partial charge on any atom is 0.220 e. The minimum Gasteiger partial charge on any atom is -0.369 e. The highest BCUT2D eigenvalue weighted by atomic mass is 32.2. The number of hydrogen-bond donors (Lipinski definition) is 1. The van der Waals surface area contributed by atoms with Crippen LogP contribution in [0.3, 0.4) is 0 Å². The lowest BCUT2D eigenvalue weighted by atomic mass is 9.98. The first-order valence-electron chi connectivity index (χ1n) is 4.74. The van der Waals surface area contributed by atoms with E-state index in [-0.39, 0.29) is 17.6 Å². The van der Waals surface area contributed by atoms with Crippen molar-refractivity contribution in [2.75, 3.05) is 18.8 Å².